The van der Waals surface area contributed by atoms with Gasteiger partial charge < -0.3 is 10.2 Å². The van der Waals surface area contributed by atoms with E-state index in [2.05, 4.69) is 19.9 Å². The van der Waals surface area contributed by atoms with Crippen LogP contribution in [0.4, 0.5) is 0 Å². The first-order valence-electron chi connectivity index (χ1n) is 9.92. The van der Waals surface area contributed by atoms with Crippen LogP contribution in [0.25, 0.3) is 35.1 Å². The number of hydrogen-bond acceptors (Lipinski definition) is 6. The maximum Gasteiger partial charge on any atom is 0.335 e. The Kier molecular flexibility index (Phi) is 5.99. The van der Waals surface area contributed by atoms with Gasteiger partial charge in [-0.2, -0.15) is 0 Å². The third-order valence-electron chi connectivity index (χ3n) is 4.77. The molecule has 0 unspecified atom stereocenters. The number of carboxylic acid groups (broad SMARTS) is 2. The molecule has 3 aromatic heterocycles. The molecule has 8 nitrogen and oxygen atoms in total. The number of hydrogen-bond donors (Lipinski definition) is 2. The van der Waals surface area contributed by atoms with E-state index in [1.165, 1.54) is 36.0 Å². The minimum atomic E-state index is -1.16. The van der Waals surface area contributed by atoms with E-state index < -0.39 is 11.9 Å². The van der Waals surface area contributed by atoms with Gasteiger partial charge in [0.2, 0.25) is 0 Å². The van der Waals surface area contributed by atoms with E-state index in [9.17, 15) is 19.8 Å². The number of carboxylic acids is 2. The van der Waals surface area contributed by atoms with Crippen LogP contribution in [0.3, 0.4) is 0 Å². The first-order valence-corrected chi connectivity index (χ1v) is 9.92. The van der Waals surface area contributed by atoms with Crippen molar-refractivity contribution >= 4 is 24.1 Å². The Bertz CT molecular complexity index is 1380. The summed E-state index contributed by atoms with van der Waals surface area (Å²) < 4.78 is 0. The van der Waals surface area contributed by atoms with E-state index in [-0.39, 0.29) is 34.0 Å². The first kappa shape index (κ1) is 21.5. The van der Waals surface area contributed by atoms with Crippen molar-refractivity contribution in [1.29, 1.82) is 0 Å². The Hall–Kier alpha value is -4.72. The van der Waals surface area contributed by atoms with Crippen LogP contribution >= 0.6 is 0 Å². The van der Waals surface area contributed by atoms with Crippen LogP contribution in [0, 0.1) is 6.92 Å². The van der Waals surface area contributed by atoms with Gasteiger partial charge in [0.1, 0.15) is 5.69 Å². The van der Waals surface area contributed by atoms with Crippen LogP contribution < -0.4 is 0 Å². The van der Waals surface area contributed by atoms with E-state index in [0.717, 1.165) is 5.56 Å². The molecule has 0 saturated carbocycles. The average Bonchev–Trinajstić information content (AvgIpc) is 2.83. The molecule has 0 atom stereocenters. The standard InChI is InChI=1S/C25H18N4O4/c1-15-2-4-16(5-3-15)6-7-19-9-11-27-23(28-19)22-14-18(25(32)33)13-21(29-22)20-12-17(24(30)31)8-10-26-20/h2-14H,1H3,(H,30,31)(H,32,33)/b7-6+. The van der Waals surface area contributed by atoms with Crippen molar-refractivity contribution in [3.05, 3.63) is 94.9 Å². The second-order valence-electron chi connectivity index (χ2n) is 7.22. The molecule has 8 heteroatoms. The predicted molar refractivity (Wildman–Crippen MR) is 123 cm³/mol. The molecule has 0 aliphatic carbocycles. The fourth-order valence-electron chi connectivity index (χ4n) is 3.05. The molecule has 2 N–H and O–H groups in total. The van der Waals surface area contributed by atoms with Gasteiger partial charge in [0.05, 0.1) is 28.2 Å². The van der Waals surface area contributed by atoms with E-state index >= 15 is 0 Å². The first-order chi connectivity index (χ1) is 15.9. The highest BCUT2D eigenvalue weighted by atomic mass is 16.4. The molecule has 0 amide bonds. The average molecular weight is 438 g/mol. The van der Waals surface area contributed by atoms with Gasteiger partial charge in [0.15, 0.2) is 5.82 Å². The molecule has 1 aromatic carbocycles. The number of benzene rings is 1. The third kappa shape index (κ3) is 5.13. The van der Waals surface area contributed by atoms with Crippen LogP contribution in [0.2, 0.25) is 0 Å². The lowest BCUT2D eigenvalue weighted by Gasteiger charge is -2.07. The van der Waals surface area contributed by atoms with Crippen LogP contribution in [0.1, 0.15) is 37.5 Å². The Balaban J connectivity index is 1.73. The summed E-state index contributed by atoms with van der Waals surface area (Å²) in [6.07, 6.45) is 6.64. The van der Waals surface area contributed by atoms with Crippen LogP contribution in [-0.2, 0) is 0 Å². The van der Waals surface area contributed by atoms with Crippen LogP contribution in [0.15, 0.2) is 67.0 Å². The van der Waals surface area contributed by atoms with Crippen molar-refractivity contribution in [3.8, 4) is 22.9 Å². The van der Waals surface area contributed by atoms with Crippen molar-refractivity contribution in [2.24, 2.45) is 0 Å². The third-order valence-corrected chi connectivity index (χ3v) is 4.77. The molecule has 0 bridgehead atoms. The summed E-state index contributed by atoms with van der Waals surface area (Å²) in [4.78, 5) is 40.3. The number of aromatic carboxylic acids is 2. The minimum absolute atomic E-state index is 0.0172. The molecular formula is C25H18N4O4. The predicted octanol–water partition coefficient (Wildman–Crippen LogP) is 4.48. The van der Waals surface area contributed by atoms with Gasteiger partial charge >= 0.3 is 11.9 Å². The molecule has 162 valence electrons. The molecule has 0 aliphatic rings. The summed E-state index contributed by atoms with van der Waals surface area (Å²) in [6.45, 7) is 2.02. The van der Waals surface area contributed by atoms with Gasteiger partial charge in [-0.05, 0) is 48.9 Å². The second kappa shape index (κ2) is 9.19. The summed E-state index contributed by atoms with van der Waals surface area (Å²) in [6, 6.07) is 15.1. The van der Waals surface area contributed by atoms with Gasteiger partial charge in [-0.3, -0.25) is 4.98 Å². The van der Waals surface area contributed by atoms with Crippen molar-refractivity contribution < 1.29 is 19.8 Å². The molecule has 0 radical (unpaired) electrons. The Morgan fingerprint density at radius 2 is 1.39 bits per heavy atom. The fourth-order valence-corrected chi connectivity index (χ4v) is 3.05. The topological polar surface area (TPSA) is 126 Å². The van der Waals surface area contributed by atoms with Crippen molar-refractivity contribution in [2.75, 3.05) is 0 Å². The smallest absolute Gasteiger partial charge is 0.335 e. The molecular weight excluding hydrogens is 420 g/mol. The fraction of sp³-hybridized carbons (Fsp3) is 0.0400. The highest BCUT2D eigenvalue weighted by Gasteiger charge is 2.15. The molecule has 3 heterocycles. The zero-order chi connectivity index (χ0) is 23.4. The van der Waals surface area contributed by atoms with Gasteiger partial charge in [-0.1, -0.05) is 35.9 Å². The Morgan fingerprint density at radius 3 is 2.12 bits per heavy atom. The van der Waals surface area contributed by atoms with Gasteiger partial charge in [-0.25, -0.2) is 24.5 Å². The zero-order valence-corrected chi connectivity index (χ0v) is 17.5. The Labute approximate surface area is 189 Å². The quantitative estimate of drug-likeness (QED) is 0.451. The second-order valence-corrected chi connectivity index (χ2v) is 7.22. The molecule has 33 heavy (non-hydrogen) atoms. The normalized spacial score (nSPS) is 10.9. The number of carbonyl (C=O) groups is 2. The summed E-state index contributed by atoms with van der Waals surface area (Å²) >= 11 is 0. The van der Waals surface area contributed by atoms with Gasteiger partial charge in [-0.15, -0.1) is 0 Å². The number of nitrogens with zero attached hydrogens (tertiary/aromatic N) is 4. The maximum atomic E-state index is 11.7. The lowest BCUT2D eigenvalue weighted by atomic mass is 10.1. The molecule has 0 saturated heterocycles. The van der Waals surface area contributed by atoms with Crippen molar-refractivity contribution in [2.45, 2.75) is 6.92 Å². The van der Waals surface area contributed by atoms with Crippen molar-refractivity contribution in [1.82, 2.24) is 19.9 Å². The monoisotopic (exact) mass is 438 g/mol. The number of pyridine rings is 2. The van der Waals surface area contributed by atoms with E-state index in [4.69, 9.17) is 0 Å². The molecule has 0 aliphatic heterocycles. The summed E-state index contributed by atoms with van der Waals surface area (Å²) in [5.74, 6) is -2.05. The molecule has 0 spiro atoms. The maximum absolute atomic E-state index is 11.7. The number of aryl methyl sites for hydroxylation is 1. The molecule has 4 aromatic rings. The number of rotatable bonds is 6. The minimum Gasteiger partial charge on any atom is -0.478 e. The van der Waals surface area contributed by atoms with E-state index in [0.29, 0.717) is 5.69 Å². The van der Waals surface area contributed by atoms with Crippen LogP contribution in [0.5, 0.6) is 0 Å². The number of aromatic nitrogens is 4. The largest absolute Gasteiger partial charge is 0.478 e. The zero-order valence-electron chi connectivity index (χ0n) is 17.5. The van der Waals surface area contributed by atoms with Gasteiger partial charge in [0, 0.05) is 12.4 Å². The SMILES string of the molecule is Cc1ccc(/C=C/c2ccnc(-c3cc(C(=O)O)cc(-c4cc(C(=O)O)ccn4)n3)n2)cc1. The summed E-state index contributed by atoms with van der Waals surface area (Å²) in [7, 11) is 0. The van der Waals surface area contributed by atoms with Gasteiger partial charge in [0.25, 0.3) is 0 Å². The summed E-state index contributed by atoms with van der Waals surface area (Å²) in [5, 5.41) is 18.8. The lowest BCUT2D eigenvalue weighted by molar-refractivity contribution is 0.0686. The summed E-state index contributed by atoms with van der Waals surface area (Å²) in [5.41, 5.74) is 3.45. The van der Waals surface area contributed by atoms with E-state index in [1.54, 1.807) is 12.3 Å². The van der Waals surface area contributed by atoms with Crippen LogP contribution in [-0.4, -0.2) is 42.1 Å². The highest BCUT2D eigenvalue weighted by molar-refractivity contribution is 5.91. The highest BCUT2D eigenvalue weighted by Crippen LogP contribution is 2.23. The lowest BCUT2D eigenvalue weighted by Crippen LogP contribution is -2.03. The Morgan fingerprint density at radius 1 is 0.727 bits per heavy atom. The molecule has 0 fully saturated rings. The van der Waals surface area contributed by atoms with E-state index in [1.807, 2.05) is 43.3 Å². The molecule has 4 rings (SSSR count). The van der Waals surface area contributed by atoms with Crippen molar-refractivity contribution in [3.63, 3.8) is 0 Å².